The van der Waals surface area contributed by atoms with Crippen LogP contribution in [0.25, 0.3) is 0 Å². The minimum atomic E-state index is -0.673. The Bertz CT molecular complexity index is 825. The van der Waals surface area contributed by atoms with E-state index in [4.69, 9.17) is 16.3 Å². The first kappa shape index (κ1) is 15.0. The van der Waals surface area contributed by atoms with E-state index in [0.717, 1.165) is 6.20 Å². The number of hydrogen-bond donors (Lipinski definition) is 2. The van der Waals surface area contributed by atoms with Gasteiger partial charge in [0.1, 0.15) is 11.6 Å². The fraction of sp³-hybridized carbons (Fsp3) is 0. The van der Waals surface area contributed by atoms with Gasteiger partial charge in [-0.3, -0.25) is 10.1 Å². The molecule has 3 N–H and O–H groups in total. The number of nitriles is 2. The van der Waals surface area contributed by atoms with Gasteiger partial charge in [-0.15, -0.1) is 0 Å². The largest absolute Gasteiger partial charge is 0.397 e. The fourth-order valence-electron chi connectivity index (χ4n) is 1.52. The SMILES string of the molecule is N#CSc1nc(Nc2cc(C#N)ccc2N)ncc1[N+](=O)[O-]. The number of nitrogens with two attached hydrogens (primary N) is 1. The normalized spacial score (nSPS) is 9.55. The molecule has 0 atom stereocenters. The maximum absolute atomic E-state index is 10.8. The molecule has 0 bridgehead atoms. The summed E-state index contributed by atoms with van der Waals surface area (Å²) in [6.45, 7) is 0. The molecule has 0 aliphatic heterocycles. The van der Waals surface area contributed by atoms with E-state index in [1.807, 2.05) is 6.07 Å². The lowest BCUT2D eigenvalue weighted by atomic mass is 10.2. The third-order valence-electron chi connectivity index (χ3n) is 2.50. The summed E-state index contributed by atoms with van der Waals surface area (Å²) in [6, 6.07) is 6.55. The fourth-order valence-corrected chi connectivity index (χ4v) is 1.97. The Morgan fingerprint density at radius 2 is 2.18 bits per heavy atom. The number of nitrogens with one attached hydrogen (secondary N) is 1. The zero-order valence-corrected chi connectivity index (χ0v) is 11.7. The van der Waals surface area contributed by atoms with Crippen molar-refractivity contribution in [2.45, 2.75) is 5.03 Å². The van der Waals surface area contributed by atoms with Crippen LogP contribution in [0, 0.1) is 32.1 Å². The predicted octanol–water partition coefficient (Wildman–Crippen LogP) is 2.16. The molecule has 22 heavy (non-hydrogen) atoms. The van der Waals surface area contributed by atoms with Gasteiger partial charge in [0.15, 0.2) is 5.03 Å². The van der Waals surface area contributed by atoms with Gasteiger partial charge < -0.3 is 11.1 Å². The number of benzene rings is 1. The first-order valence-electron chi connectivity index (χ1n) is 5.69. The van der Waals surface area contributed by atoms with Gasteiger partial charge in [-0.2, -0.15) is 15.5 Å². The number of thiocyanates is 1. The van der Waals surface area contributed by atoms with Crippen molar-refractivity contribution in [1.29, 1.82) is 10.5 Å². The van der Waals surface area contributed by atoms with Crippen molar-refractivity contribution in [3.63, 3.8) is 0 Å². The highest BCUT2D eigenvalue weighted by molar-refractivity contribution is 8.03. The number of anilines is 3. The van der Waals surface area contributed by atoms with Crippen molar-refractivity contribution in [3.8, 4) is 11.5 Å². The molecule has 0 radical (unpaired) electrons. The van der Waals surface area contributed by atoms with E-state index in [-0.39, 0.29) is 16.7 Å². The quantitative estimate of drug-likeness (QED) is 0.215. The van der Waals surface area contributed by atoms with Crippen LogP contribution >= 0.6 is 11.8 Å². The van der Waals surface area contributed by atoms with Crippen LogP contribution in [-0.4, -0.2) is 14.9 Å². The van der Waals surface area contributed by atoms with Crippen molar-refractivity contribution in [2.75, 3.05) is 11.1 Å². The molecule has 0 saturated carbocycles. The monoisotopic (exact) mass is 313 g/mol. The van der Waals surface area contributed by atoms with Crippen molar-refractivity contribution < 1.29 is 4.92 Å². The number of nitrogen functional groups attached to an aromatic ring is 1. The molecule has 1 heterocycles. The third-order valence-corrected chi connectivity index (χ3v) is 3.09. The lowest BCUT2D eigenvalue weighted by molar-refractivity contribution is -0.388. The molecule has 1 aromatic heterocycles. The van der Waals surface area contributed by atoms with E-state index in [9.17, 15) is 10.1 Å². The summed E-state index contributed by atoms with van der Waals surface area (Å²) in [5, 5.41) is 32.8. The van der Waals surface area contributed by atoms with E-state index in [1.54, 1.807) is 11.5 Å². The first-order valence-corrected chi connectivity index (χ1v) is 6.51. The van der Waals surface area contributed by atoms with Crippen LogP contribution in [0.1, 0.15) is 5.56 Å². The minimum absolute atomic E-state index is 0.0325. The Labute approximate surface area is 128 Å². The molecule has 1 aromatic carbocycles. The number of rotatable bonds is 4. The van der Waals surface area contributed by atoms with E-state index < -0.39 is 4.92 Å². The molecule has 2 rings (SSSR count). The summed E-state index contributed by atoms with van der Waals surface area (Å²) in [6.07, 6.45) is 0.999. The van der Waals surface area contributed by atoms with Crippen molar-refractivity contribution in [2.24, 2.45) is 0 Å². The maximum atomic E-state index is 10.8. The highest BCUT2D eigenvalue weighted by Gasteiger charge is 2.18. The van der Waals surface area contributed by atoms with Gasteiger partial charge in [0.05, 0.1) is 27.9 Å². The number of nitrogens with zero attached hydrogens (tertiary/aromatic N) is 5. The first-order chi connectivity index (χ1) is 10.5. The average Bonchev–Trinajstić information content (AvgIpc) is 2.50. The van der Waals surface area contributed by atoms with Gasteiger partial charge in [0.2, 0.25) is 5.95 Å². The molecule has 0 fully saturated rings. The van der Waals surface area contributed by atoms with Gasteiger partial charge in [0.25, 0.3) is 0 Å². The molecule has 0 aliphatic carbocycles. The smallest absolute Gasteiger partial charge is 0.320 e. The Kier molecular flexibility index (Phi) is 4.36. The van der Waals surface area contributed by atoms with Crippen LogP contribution in [0.4, 0.5) is 23.0 Å². The minimum Gasteiger partial charge on any atom is -0.397 e. The van der Waals surface area contributed by atoms with Crippen molar-refractivity contribution in [3.05, 3.63) is 40.1 Å². The molecule has 108 valence electrons. The second-order valence-electron chi connectivity index (χ2n) is 3.87. The van der Waals surface area contributed by atoms with Crippen molar-refractivity contribution in [1.82, 2.24) is 9.97 Å². The highest BCUT2D eigenvalue weighted by Crippen LogP contribution is 2.28. The molecular formula is C12H7N7O2S. The van der Waals surface area contributed by atoms with E-state index in [1.165, 1.54) is 12.1 Å². The number of hydrogen-bond acceptors (Lipinski definition) is 9. The topological polar surface area (TPSA) is 155 Å². The Morgan fingerprint density at radius 3 is 2.82 bits per heavy atom. The van der Waals surface area contributed by atoms with E-state index >= 15 is 0 Å². The summed E-state index contributed by atoms with van der Waals surface area (Å²) in [7, 11) is 0. The molecule has 0 aliphatic rings. The van der Waals surface area contributed by atoms with E-state index in [0.29, 0.717) is 28.7 Å². The number of thioether (sulfide) groups is 1. The Morgan fingerprint density at radius 1 is 1.41 bits per heavy atom. The zero-order valence-electron chi connectivity index (χ0n) is 10.8. The predicted molar refractivity (Wildman–Crippen MR) is 79.0 cm³/mol. The second-order valence-corrected chi connectivity index (χ2v) is 4.65. The van der Waals surface area contributed by atoms with Crippen LogP contribution < -0.4 is 11.1 Å². The zero-order chi connectivity index (χ0) is 16.1. The highest BCUT2D eigenvalue weighted by atomic mass is 32.2. The maximum Gasteiger partial charge on any atom is 0.320 e. The Balaban J connectivity index is 2.39. The summed E-state index contributed by atoms with van der Waals surface area (Å²) >= 11 is 0.556. The van der Waals surface area contributed by atoms with Crippen molar-refractivity contribution >= 4 is 34.8 Å². The third kappa shape index (κ3) is 3.20. The Hall–Kier alpha value is -3.37. The summed E-state index contributed by atoms with van der Waals surface area (Å²) in [4.78, 5) is 17.9. The molecule has 10 heteroatoms. The van der Waals surface area contributed by atoms with Crippen LogP contribution in [-0.2, 0) is 0 Å². The molecule has 0 amide bonds. The molecule has 0 unspecified atom stereocenters. The lowest BCUT2D eigenvalue weighted by Crippen LogP contribution is -2.03. The van der Waals surface area contributed by atoms with Crippen LogP contribution in [0.15, 0.2) is 29.4 Å². The van der Waals surface area contributed by atoms with E-state index in [2.05, 4.69) is 15.3 Å². The molecule has 2 aromatic rings. The van der Waals surface area contributed by atoms with Crippen LogP contribution in [0.2, 0.25) is 0 Å². The van der Waals surface area contributed by atoms with Crippen LogP contribution in [0.3, 0.4) is 0 Å². The molecular weight excluding hydrogens is 306 g/mol. The van der Waals surface area contributed by atoms with Gasteiger partial charge >= 0.3 is 5.69 Å². The molecule has 9 nitrogen and oxygen atoms in total. The molecule has 0 saturated heterocycles. The van der Waals surface area contributed by atoms with Gasteiger partial charge in [-0.25, -0.2) is 4.98 Å². The summed E-state index contributed by atoms with van der Waals surface area (Å²) < 4.78 is 0. The van der Waals surface area contributed by atoms with Gasteiger partial charge in [-0.05, 0) is 18.2 Å². The number of aromatic nitrogens is 2. The van der Waals surface area contributed by atoms with Gasteiger partial charge in [-0.1, -0.05) is 0 Å². The molecule has 0 spiro atoms. The van der Waals surface area contributed by atoms with Gasteiger partial charge in [0, 0.05) is 11.8 Å². The second kappa shape index (κ2) is 6.39. The van der Waals surface area contributed by atoms with Crippen LogP contribution in [0.5, 0.6) is 0 Å². The number of nitro groups is 1. The summed E-state index contributed by atoms with van der Waals surface area (Å²) in [5.41, 5.74) is 6.54. The average molecular weight is 313 g/mol. The summed E-state index contributed by atoms with van der Waals surface area (Å²) in [5.74, 6) is 0.0325. The lowest BCUT2D eigenvalue weighted by Gasteiger charge is -2.08. The standard InChI is InChI=1S/C12H7N7O2S/c13-4-7-1-2-8(15)9(3-7)17-12-16-5-10(19(20)21)11(18-12)22-6-14/h1-3,5H,15H2,(H,16,17,18).